The van der Waals surface area contributed by atoms with Crippen LogP contribution in [0, 0.1) is 0 Å². The molecule has 1 aromatic heterocycles. The van der Waals surface area contributed by atoms with Crippen LogP contribution in [0.1, 0.15) is 17.3 Å². The molecular formula is C16H21N3O4S. The lowest BCUT2D eigenvalue weighted by atomic mass is 9.95. The first kappa shape index (κ1) is 16.9. The number of ether oxygens (including phenoxy) is 1. The molecule has 1 amide bonds. The number of methoxy groups -OCH3 is 1. The second-order valence-electron chi connectivity index (χ2n) is 5.90. The molecule has 1 aromatic carbocycles. The van der Waals surface area contributed by atoms with Crippen LogP contribution < -0.4 is 5.32 Å². The maximum absolute atomic E-state index is 11.8. The van der Waals surface area contributed by atoms with Crippen molar-refractivity contribution in [1.82, 2.24) is 15.4 Å². The third kappa shape index (κ3) is 3.17. The predicted octanol–water partition coefficient (Wildman–Crippen LogP) is 1.56. The minimum absolute atomic E-state index is 0.214. The normalized spacial score (nSPS) is 20.4. The Morgan fingerprint density at radius 1 is 1.54 bits per heavy atom. The van der Waals surface area contributed by atoms with E-state index in [4.69, 9.17) is 0 Å². The van der Waals surface area contributed by atoms with E-state index in [1.165, 1.54) is 12.2 Å². The van der Waals surface area contributed by atoms with Crippen molar-refractivity contribution >= 4 is 27.8 Å². The standard InChI is InChI=1S/C16H21N3O4S/c1-23-16(20)18-13(9-24(2)22)15-14-11(7-8-19(15)21)10-5-3-4-6-12(10)17-14/h3-6,13,15,17,21H,7-9H2,1-2H3,(H,18,20)/t13-,15+,24?/m0/s1. The molecule has 0 bridgehead atoms. The van der Waals surface area contributed by atoms with Gasteiger partial charge in [0.05, 0.1) is 19.2 Å². The number of hydroxylamine groups is 2. The summed E-state index contributed by atoms with van der Waals surface area (Å²) < 4.78 is 16.4. The van der Waals surface area contributed by atoms with Gasteiger partial charge < -0.3 is 20.2 Å². The molecule has 3 atom stereocenters. The van der Waals surface area contributed by atoms with E-state index in [1.807, 2.05) is 24.3 Å². The SMILES string of the molecule is COC(=O)N[C@@H](CS(C)=O)[C@@H]1c2[nH]c3ccccc3c2CCN1O. The fourth-order valence-electron chi connectivity index (χ4n) is 3.34. The Kier molecular flexibility index (Phi) is 4.88. The molecule has 0 saturated heterocycles. The zero-order chi connectivity index (χ0) is 17.3. The molecule has 7 nitrogen and oxygen atoms in total. The van der Waals surface area contributed by atoms with Crippen LogP contribution in [0.2, 0.25) is 0 Å². The number of para-hydroxylation sites is 1. The van der Waals surface area contributed by atoms with Crippen LogP contribution in [0.4, 0.5) is 4.79 Å². The van der Waals surface area contributed by atoms with Gasteiger partial charge in [0, 0.05) is 45.9 Å². The number of nitrogens with zero attached hydrogens (tertiary/aromatic N) is 1. The maximum atomic E-state index is 11.8. The highest BCUT2D eigenvalue weighted by Crippen LogP contribution is 2.35. The van der Waals surface area contributed by atoms with Gasteiger partial charge in [0.1, 0.15) is 0 Å². The summed E-state index contributed by atoms with van der Waals surface area (Å²) in [5, 5.41) is 15.5. The van der Waals surface area contributed by atoms with Gasteiger partial charge in [0.15, 0.2) is 0 Å². The van der Waals surface area contributed by atoms with Crippen molar-refractivity contribution in [3.05, 3.63) is 35.5 Å². The Hall–Kier alpha value is -1.90. The number of nitrogens with one attached hydrogen (secondary N) is 2. The first-order valence-electron chi connectivity index (χ1n) is 7.70. The molecule has 2 heterocycles. The smallest absolute Gasteiger partial charge is 0.407 e. The van der Waals surface area contributed by atoms with Gasteiger partial charge in [-0.3, -0.25) is 4.21 Å². The number of amides is 1. The van der Waals surface area contributed by atoms with E-state index in [0.29, 0.717) is 13.0 Å². The third-order valence-electron chi connectivity index (χ3n) is 4.34. The zero-order valence-corrected chi connectivity index (χ0v) is 14.4. The van der Waals surface area contributed by atoms with Gasteiger partial charge in [-0.05, 0) is 18.1 Å². The fraction of sp³-hybridized carbons (Fsp3) is 0.438. The molecule has 0 aliphatic carbocycles. The number of rotatable bonds is 4. The zero-order valence-electron chi connectivity index (χ0n) is 13.6. The Balaban J connectivity index is 2.04. The van der Waals surface area contributed by atoms with E-state index in [9.17, 15) is 14.2 Å². The summed E-state index contributed by atoms with van der Waals surface area (Å²) >= 11 is 0. The summed E-state index contributed by atoms with van der Waals surface area (Å²) in [7, 11) is 0.132. The average molecular weight is 351 g/mol. The number of aromatic amines is 1. The largest absolute Gasteiger partial charge is 0.453 e. The number of alkyl carbamates (subject to hydrolysis) is 1. The van der Waals surface area contributed by atoms with Crippen LogP contribution in [-0.2, 0) is 22.0 Å². The van der Waals surface area contributed by atoms with E-state index in [2.05, 4.69) is 15.0 Å². The summed E-state index contributed by atoms with van der Waals surface area (Å²) in [6.45, 7) is 0.440. The van der Waals surface area contributed by atoms with E-state index in [-0.39, 0.29) is 5.75 Å². The number of carbonyl (C=O) groups is 1. The van der Waals surface area contributed by atoms with Crippen LogP contribution in [0.15, 0.2) is 24.3 Å². The summed E-state index contributed by atoms with van der Waals surface area (Å²) in [5.41, 5.74) is 2.95. The lowest BCUT2D eigenvalue weighted by Gasteiger charge is -2.36. The summed E-state index contributed by atoms with van der Waals surface area (Å²) in [6.07, 6.45) is 1.66. The lowest BCUT2D eigenvalue weighted by Crippen LogP contribution is -2.50. The molecule has 1 aliphatic heterocycles. The number of hydrogen-bond acceptors (Lipinski definition) is 5. The van der Waals surface area contributed by atoms with E-state index in [0.717, 1.165) is 22.2 Å². The van der Waals surface area contributed by atoms with Gasteiger partial charge in [0.2, 0.25) is 0 Å². The van der Waals surface area contributed by atoms with Crippen molar-refractivity contribution < 1.29 is 18.9 Å². The summed E-state index contributed by atoms with van der Waals surface area (Å²) in [6, 6.07) is 6.89. The molecule has 24 heavy (non-hydrogen) atoms. The van der Waals surface area contributed by atoms with Crippen LogP contribution >= 0.6 is 0 Å². The van der Waals surface area contributed by atoms with Gasteiger partial charge >= 0.3 is 6.09 Å². The molecule has 3 N–H and O–H groups in total. The number of carbonyl (C=O) groups excluding carboxylic acids is 1. The molecule has 0 radical (unpaired) electrons. The quantitative estimate of drug-likeness (QED) is 0.777. The molecular weight excluding hydrogens is 330 g/mol. The number of aromatic nitrogens is 1. The minimum atomic E-state index is -1.15. The Morgan fingerprint density at radius 2 is 2.29 bits per heavy atom. The second kappa shape index (κ2) is 6.92. The van der Waals surface area contributed by atoms with Gasteiger partial charge in [-0.1, -0.05) is 18.2 Å². The number of fused-ring (bicyclic) bond motifs is 3. The van der Waals surface area contributed by atoms with Crippen LogP contribution in [0.3, 0.4) is 0 Å². The van der Waals surface area contributed by atoms with Crippen molar-refractivity contribution in [3.63, 3.8) is 0 Å². The predicted molar refractivity (Wildman–Crippen MR) is 91.5 cm³/mol. The molecule has 2 aromatic rings. The topological polar surface area (TPSA) is 94.7 Å². The molecule has 0 fully saturated rings. The molecule has 3 rings (SSSR count). The third-order valence-corrected chi connectivity index (χ3v) is 5.17. The number of H-pyrrole nitrogens is 1. The highest BCUT2D eigenvalue weighted by Gasteiger charge is 2.37. The van der Waals surface area contributed by atoms with Gasteiger partial charge in [-0.2, -0.15) is 5.06 Å². The molecule has 0 saturated carbocycles. The molecule has 1 unspecified atom stereocenters. The van der Waals surface area contributed by atoms with Gasteiger partial charge in [-0.25, -0.2) is 4.79 Å². The second-order valence-corrected chi connectivity index (χ2v) is 7.38. The molecule has 1 aliphatic rings. The first-order valence-corrected chi connectivity index (χ1v) is 9.43. The molecule has 0 spiro atoms. The van der Waals surface area contributed by atoms with Crippen molar-refractivity contribution in [1.29, 1.82) is 0 Å². The van der Waals surface area contributed by atoms with Crippen LogP contribution in [0.5, 0.6) is 0 Å². The average Bonchev–Trinajstić information content (AvgIpc) is 2.91. The van der Waals surface area contributed by atoms with Gasteiger partial charge in [-0.15, -0.1) is 0 Å². The Bertz CT molecular complexity index is 776. The Morgan fingerprint density at radius 3 is 3.00 bits per heavy atom. The van der Waals surface area contributed by atoms with E-state index in [1.54, 1.807) is 6.26 Å². The maximum Gasteiger partial charge on any atom is 0.407 e. The molecule has 130 valence electrons. The number of benzene rings is 1. The van der Waals surface area contributed by atoms with Crippen LogP contribution in [-0.4, -0.2) is 57.3 Å². The minimum Gasteiger partial charge on any atom is -0.453 e. The van der Waals surface area contributed by atoms with Crippen molar-refractivity contribution in [2.75, 3.05) is 25.7 Å². The summed E-state index contributed by atoms with van der Waals surface area (Å²) in [5.74, 6) is 0.214. The van der Waals surface area contributed by atoms with Crippen molar-refractivity contribution in [3.8, 4) is 0 Å². The lowest BCUT2D eigenvalue weighted by molar-refractivity contribution is -0.140. The summed E-state index contributed by atoms with van der Waals surface area (Å²) in [4.78, 5) is 15.0. The Labute approximate surface area is 142 Å². The van der Waals surface area contributed by atoms with Gasteiger partial charge in [0.25, 0.3) is 0 Å². The van der Waals surface area contributed by atoms with Crippen LogP contribution in [0.25, 0.3) is 10.9 Å². The number of hydrogen-bond donors (Lipinski definition) is 3. The highest BCUT2D eigenvalue weighted by atomic mass is 32.2. The van der Waals surface area contributed by atoms with Crippen molar-refractivity contribution in [2.45, 2.75) is 18.5 Å². The fourth-order valence-corrected chi connectivity index (χ4v) is 4.11. The van der Waals surface area contributed by atoms with E-state index < -0.39 is 29.0 Å². The van der Waals surface area contributed by atoms with E-state index >= 15 is 0 Å². The first-order chi connectivity index (χ1) is 11.5. The highest BCUT2D eigenvalue weighted by molar-refractivity contribution is 7.84. The molecule has 8 heteroatoms. The monoisotopic (exact) mass is 351 g/mol. The van der Waals surface area contributed by atoms with Crippen molar-refractivity contribution in [2.24, 2.45) is 0 Å².